The van der Waals surface area contributed by atoms with E-state index >= 15 is 0 Å². The van der Waals surface area contributed by atoms with Gasteiger partial charge in [0.15, 0.2) is 5.96 Å². The Bertz CT molecular complexity index is 695. The monoisotopic (exact) mass is 492 g/mol. The second-order valence-electron chi connectivity index (χ2n) is 5.59. The molecule has 1 heterocycles. The lowest BCUT2D eigenvalue weighted by atomic mass is 10.3. The molecular weight excluding hydrogens is 466 g/mol. The molecule has 0 aliphatic heterocycles. The van der Waals surface area contributed by atoms with Crippen molar-refractivity contribution in [3.05, 3.63) is 46.2 Å². The number of benzene rings is 1. The molecule has 8 heteroatoms. The SMILES string of the molecule is CCc1cnc(CCNC(=NC)NCC(C)Oc2cccc(F)c2)s1.I. The Morgan fingerprint density at radius 1 is 1.38 bits per heavy atom. The van der Waals surface area contributed by atoms with Gasteiger partial charge in [0.25, 0.3) is 0 Å². The number of hydrogen-bond acceptors (Lipinski definition) is 4. The topological polar surface area (TPSA) is 58.5 Å². The standard InChI is InChI=1S/C18H25FN4OS.HI/c1-4-16-12-22-17(25-16)8-9-21-18(20-3)23-11-13(2)24-15-7-5-6-14(19)10-15;/h5-7,10,12-13H,4,8-9,11H2,1-3H3,(H2,20,21,23);1H. The van der Waals surface area contributed by atoms with Crippen molar-refractivity contribution in [2.75, 3.05) is 20.1 Å². The van der Waals surface area contributed by atoms with Crippen LogP contribution < -0.4 is 15.4 Å². The number of hydrogen-bond donors (Lipinski definition) is 2. The van der Waals surface area contributed by atoms with E-state index in [-0.39, 0.29) is 35.9 Å². The maximum absolute atomic E-state index is 13.2. The van der Waals surface area contributed by atoms with E-state index in [1.807, 2.05) is 13.1 Å². The number of thiazole rings is 1. The number of guanidine groups is 1. The first kappa shape index (κ1) is 22.6. The third-order valence-corrected chi connectivity index (χ3v) is 4.70. The maximum atomic E-state index is 13.2. The molecule has 1 aromatic heterocycles. The molecule has 1 aromatic carbocycles. The van der Waals surface area contributed by atoms with Crippen LogP contribution in [-0.2, 0) is 12.8 Å². The molecule has 0 aliphatic rings. The van der Waals surface area contributed by atoms with Crippen LogP contribution in [0.3, 0.4) is 0 Å². The Kier molecular flexibility index (Phi) is 10.5. The molecule has 0 spiro atoms. The highest BCUT2D eigenvalue weighted by Crippen LogP contribution is 2.14. The van der Waals surface area contributed by atoms with E-state index < -0.39 is 0 Å². The number of nitrogens with zero attached hydrogens (tertiary/aromatic N) is 2. The molecule has 0 saturated heterocycles. The fourth-order valence-corrected chi connectivity index (χ4v) is 3.05. The van der Waals surface area contributed by atoms with Gasteiger partial charge in [-0.25, -0.2) is 9.37 Å². The van der Waals surface area contributed by atoms with Crippen molar-refractivity contribution in [2.45, 2.75) is 32.8 Å². The first-order chi connectivity index (χ1) is 12.1. The Labute approximate surface area is 175 Å². The van der Waals surface area contributed by atoms with Gasteiger partial charge < -0.3 is 15.4 Å². The zero-order chi connectivity index (χ0) is 18.1. The van der Waals surface area contributed by atoms with E-state index in [9.17, 15) is 4.39 Å². The molecule has 5 nitrogen and oxygen atoms in total. The summed E-state index contributed by atoms with van der Waals surface area (Å²) in [5.41, 5.74) is 0. The molecule has 0 bridgehead atoms. The zero-order valence-electron chi connectivity index (χ0n) is 15.3. The summed E-state index contributed by atoms with van der Waals surface area (Å²) in [4.78, 5) is 9.91. The van der Waals surface area contributed by atoms with Crippen molar-refractivity contribution in [1.29, 1.82) is 0 Å². The number of nitrogens with one attached hydrogen (secondary N) is 2. The maximum Gasteiger partial charge on any atom is 0.191 e. The number of aryl methyl sites for hydroxylation is 1. The fourth-order valence-electron chi connectivity index (χ4n) is 2.19. The van der Waals surface area contributed by atoms with E-state index in [0.717, 1.165) is 24.4 Å². The Morgan fingerprint density at radius 2 is 2.19 bits per heavy atom. The first-order valence-corrected chi connectivity index (χ1v) is 9.22. The summed E-state index contributed by atoms with van der Waals surface area (Å²) in [6, 6.07) is 6.15. The molecule has 0 fully saturated rings. The minimum Gasteiger partial charge on any atom is -0.489 e. The molecule has 1 unspecified atom stereocenters. The first-order valence-electron chi connectivity index (χ1n) is 8.41. The van der Waals surface area contributed by atoms with Crippen LogP contribution in [0.2, 0.25) is 0 Å². The summed E-state index contributed by atoms with van der Waals surface area (Å²) in [6.45, 7) is 5.38. The molecule has 0 aliphatic carbocycles. The number of rotatable bonds is 8. The summed E-state index contributed by atoms with van der Waals surface area (Å²) >= 11 is 1.75. The predicted octanol–water partition coefficient (Wildman–Crippen LogP) is 3.64. The van der Waals surface area contributed by atoms with E-state index in [4.69, 9.17) is 4.74 Å². The molecule has 2 rings (SSSR count). The summed E-state index contributed by atoms with van der Waals surface area (Å²) in [5.74, 6) is 0.929. The third-order valence-electron chi connectivity index (χ3n) is 3.50. The van der Waals surface area contributed by atoms with Crippen LogP contribution in [0.4, 0.5) is 4.39 Å². The lowest BCUT2D eigenvalue weighted by molar-refractivity contribution is 0.223. The van der Waals surface area contributed by atoms with E-state index in [0.29, 0.717) is 18.3 Å². The molecule has 0 radical (unpaired) electrons. The fraction of sp³-hybridized carbons (Fsp3) is 0.444. The smallest absolute Gasteiger partial charge is 0.191 e. The van der Waals surface area contributed by atoms with Crippen LogP contribution in [0.5, 0.6) is 5.75 Å². The molecular formula is C18H26FIN4OS. The summed E-state index contributed by atoms with van der Waals surface area (Å²) in [6.07, 6.45) is 3.71. The van der Waals surface area contributed by atoms with E-state index in [1.54, 1.807) is 30.5 Å². The molecule has 2 aromatic rings. The van der Waals surface area contributed by atoms with Gasteiger partial charge >= 0.3 is 0 Å². The van der Waals surface area contributed by atoms with Crippen LogP contribution in [0.25, 0.3) is 0 Å². The van der Waals surface area contributed by atoms with Crippen LogP contribution in [-0.4, -0.2) is 37.2 Å². The van der Waals surface area contributed by atoms with Gasteiger partial charge in [-0.15, -0.1) is 35.3 Å². The lowest BCUT2D eigenvalue weighted by Crippen LogP contribution is -2.42. The van der Waals surface area contributed by atoms with Crippen LogP contribution in [0.1, 0.15) is 23.7 Å². The van der Waals surface area contributed by atoms with Gasteiger partial charge in [-0.1, -0.05) is 13.0 Å². The Balaban J connectivity index is 0.00000338. The van der Waals surface area contributed by atoms with Crippen LogP contribution >= 0.6 is 35.3 Å². The number of ether oxygens (including phenoxy) is 1. The van der Waals surface area contributed by atoms with E-state index in [1.165, 1.54) is 17.0 Å². The highest BCUT2D eigenvalue weighted by atomic mass is 127. The summed E-state index contributed by atoms with van der Waals surface area (Å²) < 4.78 is 18.8. The molecule has 0 saturated carbocycles. The minimum absolute atomic E-state index is 0. The normalized spacial score (nSPS) is 12.2. The van der Waals surface area contributed by atoms with Gasteiger partial charge in [-0.05, 0) is 25.5 Å². The Hall–Kier alpha value is -1.42. The van der Waals surface area contributed by atoms with Crippen molar-refractivity contribution in [2.24, 2.45) is 4.99 Å². The average molecular weight is 492 g/mol. The van der Waals surface area contributed by atoms with Crippen molar-refractivity contribution >= 4 is 41.3 Å². The van der Waals surface area contributed by atoms with Crippen molar-refractivity contribution in [1.82, 2.24) is 15.6 Å². The van der Waals surface area contributed by atoms with Crippen LogP contribution in [0.15, 0.2) is 35.5 Å². The van der Waals surface area contributed by atoms with Gasteiger partial charge in [0.1, 0.15) is 17.7 Å². The molecule has 0 amide bonds. The predicted molar refractivity (Wildman–Crippen MR) is 116 cm³/mol. The number of aromatic nitrogens is 1. The van der Waals surface area contributed by atoms with Crippen LogP contribution in [0, 0.1) is 5.82 Å². The van der Waals surface area contributed by atoms with Gasteiger partial charge in [0.05, 0.1) is 11.6 Å². The molecule has 26 heavy (non-hydrogen) atoms. The summed E-state index contributed by atoms with van der Waals surface area (Å²) in [7, 11) is 1.73. The average Bonchev–Trinajstić information content (AvgIpc) is 3.06. The minimum atomic E-state index is -0.302. The molecule has 144 valence electrons. The van der Waals surface area contributed by atoms with Crippen molar-refractivity contribution in [3.63, 3.8) is 0 Å². The van der Waals surface area contributed by atoms with E-state index in [2.05, 4.69) is 27.5 Å². The lowest BCUT2D eigenvalue weighted by Gasteiger charge is -2.17. The largest absolute Gasteiger partial charge is 0.489 e. The highest BCUT2D eigenvalue weighted by molar-refractivity contribution is 14.0. The molecule has 2 N–H and O–H groups in total. The second kappa shape index (κ2) is 12.1. The number of halogens is 2. The zero-order valence-corrected chi connectivity index (χ0v) is 18.4. The summed E-state index contributed by atoms with van der Waals surface area (Å²) in [5, 5.41) is 7.60. The number of aliphatic imine (C=N–C) groups is 1. The second-order valence-corrected chi connectivity index (χ2v) is 6.79. The quantitative estimate of drug-likeness (QED) is 0.336. The third kappa shape index (κ3) is 7.86. The van der Waals surface area contributed by atoms with Gasteiger partial charge in [-0.2, -0.15) is 0 Å². The van der Waals surface area contributed by atoms with Crippen molar-refractivity contribution in [3.8, 4) is 5.75 Å². The van der Waals surface area contributed by atoms with Crippen molar-refractivity contribution < 1.29 is 9.13 Å². The van der Waals surface area contributed by atoms with Gasteiger partial charge in [0, 0.05) is 37.2 Å². The van der Waals surface area contributed by atoms with Gasteiger partial charge in [0.2, 0.25) is 0 Å². The highest BCUT2D eigenvalue weighted by Gasteiger charge is 2.07. The van der Waals surface area contributed by atoms with Gasteiger partial charge in [-0.3, -0.25) is 4.99 Å². The molecule has 1 atom stereocenters. The Morgan fingerprint density at radius 3 is 2.85 bits per heavy atom.